The van der Waals surface area contributed by atoms with Crippen LogP contribution in [0.1, 0.15) is 44.1 Å². The molecule has 2 fully saturated rings. The number of hydrogen-bond donors (Lipinski definition) is 1. The first-order valence-corrected chi connectivity index (χ1v) is 8.33. The zero-order valence-corrected chi connectivity index (χ0v) is 13.0. The van der Waals surface area contributed by atoms with Gasteiger partial charge >= 0.3 is 0 Å². The summed E-state index contributed by atoms with van der Waals surface area (Å²) in [6.45, 7) is 1.83. The van der Waals surface area contributed by atoms with Crippen molar-refractivity contribution in [2.24, 2.45) is 11.7 Å². The van der Waals surface area contributed by atoms with Crippen molar-refractivity contribution in [2.75, 3.05) is 11.4 Å². The smallest absolute Gasteiger partial charge is 0.0383 e. The van der Waals surface area contributed by atoms with E-state index in [-0.39, 0.29) is 0 Å². The van der Waals surface area contributed by atoms with Gasteiger partial charge in [-0.2, -0.15) is 0 Å². The van der Waals surface area contributed by atoms with E-state index in [9.17, 15) is 0 Å². The summed E-state index contributed by atoms with van der Waals surface area (Å²) in [4.78, 5) is 2.65. The molecule has 2 aliphatic rings. The third-order valence-electron chi connectivity index (χ3n) is 4.75. The molecule has 2 N–H and O–H groups in total. The van der Waals surface area contributed by atoms with Crippen molar-refractivity contribution in [1.82, 2.24) is 0 Å². The average Bonchev–Trinajstić information content (AvgIpc) is 2.46. The molecule has 2 unspecified atom stereocenters. The molecule has 1 saturated carbocycles. The number of rotatable bonds is 2. The van der Waals surface area contributed by atoms with Crippen molar-refractivity contribution in [2.45, 2.75) is 51.1 Å². The number of nitrogens with zero attached hydrogens (tertiary/aromatic N) is 1. The van der Waals surface area contributed by atoms with E-state index >= 15 is 0 Å². The van der Waals surface area contributed by atoms with Gasteiger partial charge in [0, 0.05) is 29.3 Å². The van der Waals surface area contributed by atoms with E-state index in [2.05, 4.69) is 39.0 Å². The monoisotopic (exact) mass is 322 g/mol. The van der Waals surface area contributed by atoms with E-state index < -0.39 is 0 Å². The highest BCUT2D eigenvalue weighted by Crippen LogP contribution is 2.38. The van der Waals surface area contributed by atoms with Crippen LogP contribution in [0, 0.1) is 5.92 Å². The van der Waals surface area contributed by atoms with Gasteiger partial charge in [0.15, 0.2) is 0 Å². The molecule has 3 heteroatoms. The number of piperidine rings is 1. The number of hydrogen-bond acceptors (Lipinski definition) is 2. The van der Waals surface area contributed by atoms with Crippen molar-refractivity contribution in [3.8, 4) is 0 Å². The first-order valence-electron chi connectivity index (χ1n) is 7.54. The maximum absolute atomic E-state index is 5.81. The molecule has 1 aromatic carbocycles. The summed E-state index contributed by atoms with van der Waals surface area (Å²) in [7, 11) is 0. The lowest BCUT2D eigenvalue weighted by Crippen LogP contribution is -2.46. The summed E-state index contributed by atoms with van der Waals surface area (Å²) >= 11 is 3.63. The zero-order chi connectivity index (χ0) is 13.2. The molecule has 1 heterocycles. The summed E-state index contributed by atoms with van der Waals surface area (Å²) < 4.78 is 1.16. The molecule has 104 valence electrons. The maximum Gasteiger partial charge on any atom is 0.0383 e. The van der Waals surface area contributed by atoms with Gasteiger partial charge in [-0.15, -0.1) is 0 Å². The van der Waals surface area contributed by atoms with Crippen LogP contribution in [-0.4, -0.2) is 12.6 Å². The molecule has 0 bridgehead atoms. The molecule has 1 aliphatic heterocycles. The zero-order valence-electron chi connectivity index (χ0n) is 11.4. The number of anilines is 1. The SMILES string of the molecule is NCc1cc(Br)cc(N2CCCC3CCCCC32)c1. The molecule has 2 atom stereocenters. The van der Waals surface area contributed by atoms with Gasteiger partial charge in [-0.3, -0.25) is 0 Å². The van der Waals surface area contributed by atoms with Gasteiger partial charge in [0.1, 0.15) is 0 Å². The fourth-order valence-electron chi connectivity index (χ4n) is 3.86. The highest BCUT2D eigenvalue weighted by Gasteiger charge is 2.33. The molecule has 0 spiro atoms. The molecule has 1 aromatic rings. The van der Waals surface area contributed by atoms with Crippen LogP contribution in [0.5, 0.6) is 0 Å². The van der Waals surface area contributed by atoms with Crippen molar-refractivity contribution in [3.63, 3.8) is 0 Å². The minimum absolute atomic E-state index is 0.619. The largest absolute Gasteiger partial charge is 0.368 e. The Hall–Kier alpha value is -0.540. The Morgan fingerprint density at radius 1 is 1.11 bits per heavy atom. The number of halogens is 1. The van der Waals surface area contributed by atoms with Crippen LogP contribution < -0.4 is 10.6 Å². The van der Waals surface area contributed by atoms with Crippen LogP contribution in [0.25, 0.3) is 0 Å². The van der Waals surface area contributed by atoms with Crippen molar-refractivity contribution in [1.29, 1.82) is 0 Å². The minimum atomic E-state index is 0.619. The van der Waals surface area contributed by atoms with E-state index in [0.717, 1.165) is 16.4 Å². The summed E-state index contributed by atoms with van der Waals surface area (Å²) in [6, 6.07) is 7.44. The quantitative estimate of drug-likeness (QED) is 0.889. The van der Waals surface area contributed by atoms with Crippen LogP contribution >= 0.6 is 15.9 Å². The van der Waals surface area contributed by atoms with E-state index in [1.807, 2.05) is 0 Å². The molecule has 0 aromatic heterocycles. The normalized spacial score (nSPS) is 27.2. The van der Waals surface area contributed by atoms with Crippen LogP contribution in [0.4, 0.5) is 5.69 Å². The molecular formula is C16H23BrN2. The summed E-state index contributed by atoms with van der Waals surface area (Å²) in [5.74, 6) is 0.919. The predicted molar refractivity (Wildman–Crippen MR) is 84.4 cm³/mol. The summed E-state index contributed by atoms with van der Waals surface area (Å²) in [5.41, 5.74) is 8.40. The average molecular weight is 323 g/mol. The molecule has 3 rings (SSSR count). The van der Waals surface area contributed by atoms with Crippen LogP contribution in [0.15, 0.2) is 22.7 Å². The van der Waals surface area contributed by atoms with Crippen LogP contribution in [0.3, 0.4) is 0 Å². The third kappa shape index (κ3) is 2.82. The molecular weight excluding hydrogens is 300 g/mol. The minimum Gasteiger partial charge on any atom is -0.368 e. The Morgan fingerprint density at radius 2 is 1.89 bits per heavy atom. The standard InChI is InChI=1S/C16H23BrN2/c17-14-8-12(11-18)9-15(10-14)19-7-3-5-13-4-1-2-6-16(13)19/h8-10,13,16H,1-7,11,18H2. The third-order valence-corrected chi connectivity index (χ3v) is 5.21. The fourth-order valence-corrected chi connectivity index (χ4v) is 4.39. The first kappa shape index (κ1) is 13.4. The van der Waals surface area contributed by atoms with Gasteiger partial charge in [-0.25, -0.2) is 0 Å². The Bertz CT molecular complexity index is 444. The summed E-state index contributed by atoms with van der Waals surface area (Å²) in [5, 5.41) is 0. The lowest BCUT2D eigenvalue weighted by Gasteiger charge is -2.45. The second kappa shape index (κ2) is 5.84. The second-order valence-corrected chi connectivity index (χ2v) is 6.88. The fraction of sp³-hybridized carbons (Fsp3) is 0.625. The Morgan fingerprint density at radius 3 is 2.74 bits per heavy atom. The predicted octanol–water partition coefficient (Wildman–Crippen LogP) is 4.07. The maximum atomic E-state index is 5.81. The van der Waals surface area contributed by atoms with Crippen molar-refractivity contribution in [3.05, 3.63) is 28.2 Å². The van der Waals surface area contributed by atoms with Gasteiger partial charge in [0.2, 0.25) is 0 Å². The Kier molecular flexibility index (Phi) is 4.13. The van der Waals surface area contributed by atoms with E-state index in [1.54, 1.807) is 0 Å². The van der Waals surface area contributed by atoms with Gasteiger partial charge in [-0.1, -0.05) is 28.8 Å². The highest BCUT2D eigenvalue weighted by atomic mass is 79.9. The van der Waals surface area contributed by atoms with Gasteiger partial charge < -0.3 is 10.6 Å². The van der Waals surface area contributed by atoms with Gasteiger partial charge in [-0.05, 0) is 55.4 Å². The van der Waals surface area contributed by atoms with Gasteiger partial charge in [0.05, 0.1) is 0 Å². The van der Waals surface area contributed by atoms with Crippen molar-refractivity contribution < 1.29 is 0 Å². The topological polar surface area (TPSA) is 29.3 Å². The molecule has 1 aliphatic carbocycles. The number of nitrogens with two attached hydrogens (primary N) is 1. The Balaban J connectivity index is 1.89. The lowest BCUT2D eigenvalue weighted by atomic mass is 9.78. The van der Waals surface area contributed by atoms with Crippen LogP contribution in [0.2, 0.25) is 0 Å². The van der Waals surface area contributed by atoms with E-state index in [1.165, 1.54) is 56.3 Å². The lowest BCUT2D eigenvalue weighted by molar-refractivity contribution is 0.244. The van der Waals surface area contributed by atoms with Crippen LogP contribution in [-0.2, 0) is 6.54 Å². The first-order chi connectivity index (χ1) is 9.28. The Labute approximate surface area is 124 Å². The molecule has 0 amide bonds. The molecule has 0 radical (unpaired) electrons. The highest BCUT2D eigenvalue weighted by molar-refractivity contribution is 9.10. The molecule has 19 heavy (non-hydrogen) atoms. The summed E-state index contributed by atoms with van der Waals surface area (Å²) in [6.07, 6.45) is 8.40. The molecule has 2 nitrogen and oxygen atoms in total. The van der Waals surface area contributed by atoms with Gasteiger partial charge in [0.25, 0.3) is 0 Å². The van der Waals surface area contributed by atoms with E-state index in [4.69, 9.17) is 5.73 Å². The molecule has 1 saturated heterocycles. The van der Waals surface area contributed by atoms with Crippen molar-refractivity contribution >= 4 is 21.6 Å². The second-order valence-electron chi connectivity index (χ2n) is 5.97. The number of fused-ring (bicyclic) bond motifs is 1. The van der Waals surface area contributed by atoms with E-state index in [0.29, 0.717) is 6.54 Å². The number of benzene rings is 1.